The molecule has 3 rings (SSSR count). The fourth-order valence-electron chi connectivity index (χ4n) is 3.10. The summed E-state index contributed by atoms with van der Waals surface area (Å²) in [5, 5.41) is 13.6. The molecule has 1 aromatic rings. The van der Waals surface area contributed by atoms with Gasteiger partial charge in [0.05, 0.1) is 11.3 Å². The number of allylic oxidation sites excluding steroid dienone is 1. The van der Waals surface area contributed by atoms with Gasteiger partial charge in [-0.2, -0.15) is 0 Å². The van der Waals surface area contributed by atoms with Crippen molar-refractivity contribution < 1.29 is 29.0 Å². The second-order valence-corrected chi connectivity index (χ2v) is 8.32. The molecule has 2 atom stereocenters. The number of carboxylic acids is 1. The average molecular weight is 454 g/mol. The minimum absolute atomic E-state index is 0.204. The van der Waals surface area contributed by atoms with Crippen LogP contribution in [0.4, 0.5) is 9.93 Å². The van der Waals surface area contributed by atoms with Crippen molar-refractivity contribution in [3.8, 4) is 0 Å². The number of rotatable bonds is 7. The van der Waals surface area contributed by atoms with E-state index < -0.39 is 35.3 Å². The fraction of sp³-hybridized carbons (Fsp3) is 0.353. The Morgan fingerprint density at radius 2 is 2.20 bits per heavy atom. The number of carbonyl (C=O) groups is 4. The Bertz CT molecular complexity index is 972. The first kappa shape index (κ1) is 21.6. The lowest BCUT2D eigenvalue weighted by Gasteiger charge is -2.49. The number of nitrogens with two attached hydrogens (primary N) is 2. The number of nitrogen functional groups attached to an aromatic ring is 1. The van der Waals surface area contributed by atoms with E-state index in [0.717, 1.165) is 4.90 Å². The van der Waals surface area contributed by atoms with Crippen molar-refractivity contribution in [3.05, 3.63) is 28.4 Å². The molecule has 11 nitrogen and oxygen atoms in total. The first-order valence-corrected chi connectivity index (χ1v) is 10.7. The van der Waals surface area contributed by atoms with Crippen LogP contribution in [-0.2, 0) is 19.1 Å². The lowest BCUT2D eigenvalue weighted by molar-refractivity contribution is -0.150. The van der Waals surface area contributed by atoms with Gasteiger partial charge in [-0.1, -0.05) is 13.0 Å². The van der Waals surface area contributed by atoms with E-state index in [0.29, 0.717) is 22.8 Å². The van der Waals surface area contributed by atoms with Crippen LogP contribution in [0.15, 0.2) is 22.7 Å². The smallest absolute Gasteiger partial charge is 0.404 e. The number of primary amides is 1. The lowest BCUT2D eigenvalue weighted by atomic mass is 10.0. The number of hydrogen-bond donors (Lipinski definition) is 4. The van der Waals surface area contributed by atoms with E-state index >= 15 is 0 Å². The Balaban J connectivity index is 1.77. The van der Waals surface area contributed by atoms with Crippen LogP contribution in [0.5, 0.6) is 0 Å². The predicted molar refractivity (Wildman–Crippen MR) is 110 cm³/mol. The third-order valence-electron chi connectivity index (χ3n) is 4.38. The van der Waals surface area contributed by atoms with Crippen molar-refractivity contribution in [2.75, 3.05) is 18.1 Å². The normalized spacial score (nSPS) is 21.0. The molecule has 0 aliphatic carbocycles. The van der Waals surface area contributed by atoms with Gasteiger partial charge in [0, 0.05) is 16.7 Å². The van der Waals surface area contributed by atoms with Crippen LogP contribution in [0.2, 0.25) is 0 Å². The molecule has 2 aliphatic heterocycles. The van der Waals surface area contributed by atoms with Gasteiger partial charge in [0.25, 0.3) is 11.8 Å². The van der Waals surface area contributed by atoms with Crippen LogP contribution in [-0.4, -0.2) is 62.6 Å². The Labute approximate surface area is 179 Å². The van der Waals surface area contributed by atoms with E-state index in [2.05, 4.69) is 15.0 Å². The molecule has 1 fully saturated rings. The van der Waals surface area contributed by atoms with Crippen LogP contribution >= 0.6 is 23.1 Å². The highest BCUT2D eigenvalue weighted by molar-refractivity contribution is 8.00. The molecular formula is C17H19N5O6S2. The Kier molecular flexibility index (Phi) is 6.31. The topological polar surface area (TPSA) is 178 Å². The highest BCUT2D eigenvalue weighted by Crippen LogP contribution is 2.40. The number of nitrogens with one attached hydrogen (secondary N) is 1. The maximum absolute atomic E-state index is 12.8. The number of anilines is 1. The number of fused-ring (bicyclic) bond motifs is 1. The summed E-state index contributed by atoms with van der Waals surface area (Å²) in [6.45, 7) is 1.53. The summed E-state index contributed by atoms with van der Waals surface area (Å²) in [5.41, 5.74) is 11.3. The number of nitrogens with zero attached hydrogens (tertiary/aromatic N) is 2. The molecule has 6 N–H and O–H groups in total. The zero-order valence-electron chi connectivity index (χ0n) is 15.8. The van der Waals surface area contributed by atoms with Gasteiger partial charge in [-0.25, -0.2) is 14.6 Å². The molecule has 160 valence electrons. The maximum Gasteiger partial charge on any atom is 0.404 e. The molecule has 13 heteroatoms. The zero-order valence-corrected chi connectivity index (χ0v) is 17.4. The van der Waals surface area contributed by atoms with Crippen LogP contribution in [0.3, 0.4) is 0 Å². The number of hydrogen-bond acceptors (Lipinski definition) is 9. The van der Waals surface area contributed by atoms with E-state index in [1.807, 2.05) is 6.92 Å². The molecule has 1 aromatic heterocycles. The van der Waals surface area contributed by atoms with Crippen molar-refractivity contribution in [2.24, 2.45) is 5.73 Å². The molecular weight excluding hydrogens is 434 g/mol. The second-order valence-electron chi connectivity index (χ2n) is 6.32. The molecule has 0 unspecified atom stereocenters. The summed E-state index contributed by atoms with van der Waals surface area (Å²) in [7, 11) is 0. The lowest BCUT2D eigenvalue weighted by Crippen LogP contribution is -2.70. The Morgan fingerprint density at radius 1 is 1.47 bits per heavy atom. The summed E-state index contributed by atoms with van der Waals surface area (Å²) in [6, 6.07) is -0.897. The van der Waals surface area contributed by atoms with Crippen molar-refractivity contribution in [1.29, 1.82) is 0 Å². The van der Waals surface area contributed by atoms with Crippen molar-refractivity contribution in [2.45, 2.75) is 24.8 Å². The van der Waals surface area contributed by atoms with Gasteiger partial charge in [-0.3, -0.25) is 14.5 Å². The van der Waals surface area contributed by atoms with Crippen LogP contribution in [0.1, 0.15) is 19.0 Å². The van der Waals surface area contributed by atoms with Crippen molar-refractivity contribution in [1.82, 2.24) is 15.2 Å². The number of aromatic nitrogens is 1. The standard InChI is InChI=1S/C17H19N5O6S2/c1-2-3-8(9-6-30-16(18)20-9)12(23)21-10-13(24)22-11(15(25)26)7(4-28-17(19)27)5-29-14(10)22/h3,6,10,14H,2,4-5H2,1H3,(H2,18,20)(H2,19,27)(H,21,23)(H,25,26)/b8-3+/t10-,14-/m1/s1. The van der Waals surface area contributed by atoms with Crippen molar-refractivity contribution >= 4 is 57.7 Å². The molecule has 0 radical (unpaired) electrons. The number of amides is 3. The molecule has 0 bridgehead atoms. The minimum Gasteiger partial charge on any atom is -0.477 e. The number of thioether (sulfide) groups is 1. The molecule has 3 heterocycles. The van der Waals surface area contributed by atoms with Gasteiger partial charge in [0.15, 0.2) is 5.13 Å². The monoisotopic (exact) mass is 453 g/mol. The van der Waals surface area contributed by atoms with Gasteiger partial charge >= 0.3 is 12.1 Å². The van der Waals surface area contributed by atoms with E-state index in [1.54, 1.807) is 11.5 Å². The number of β-lactam (4-membered cyclic amide) rings is 1. The average Bonchev–Trinajstić information content (AvgIpc) is 3.13. The first-order valence-electron chi connectivity index (χ1n) is 8.79. The fourth-order valence-corrected chi connectivity index (χ4v) is 4.99. The van der Waals surface area contributed by atoms with Gasteiger partial charge < -0.3 is 26.6 Å². The summed E-state index contributed by atoms with van der Waals surface area (Å²) < 4.78 is 4.68. The van der Waals surface area contributed by atoms with Crippen LogP contribution in [0, 0.1) is 0 Å². The molecule has 3 amide bonds. The summed E-state index contributed by atoms with van der Waals surface area (Å²) in [5.74, 6) is -2.19. The number of carboxylic acid groups (broad SMARTS) is 1. The highest BCUT2D eigenvalue weighted by atomic mass is 32.2. The highest BCUT2D eigenvalue weighted by Gasteiger charge is 2.54. The van der Waals surface area contributed by atoms with E-state index in [4.69, 9.17) is 11.5 Å². The molecule has 30 heavy (non-hydrogen) atoms. The Morgan fingerprint density at radius 3 is 2.77 bits per heavy atom. The predicted octanol–water partition coefficient (Wildman–Crippen LogP) is 0.353. The molecule has 2 aliphatic rings. The number of ether oxygens (including phenoxy) is 1. The minimum atomic E-state index is -1.33. The van der Waals surface area contributed by atoms with E-state index in [9.17, 15) is 24.3 Å². The number of thiazole rings is 1. The number of carbonyl (C=O) groups excluding carboxylic acids is 3. The summed E-state index contributed by atoms with van der Waals surface area (Å²) >= 11 is 2.45. The molecule has 1 saturated heterocycles. The van der Waals surface area contributed by atoms with Crippen molar-refractivity contribution in [3.63, 3.8) is 0 Å². The summed E-state index contributed by atoms with van der Waals surface area (Å²) in [4.78, 5) is 53.2. The SMILES string of the molecule is CC/C=C(/C(=O)N[C@@H]1C(=O)N2C(C(=O)O)=C(COC(N)=O)CS[C@H]12)c1csc(N)n1. The molecule has 0 aromatic carbocycles. The third-order valence-corrected chi connectivity index (χ3v) is 6.39. The first-order chi connectivity index (χ1) is 14.2. The largest absolute Gasteiger partial charge is 0.477 e. The third kappa shape index (κ3) is 4.11. The number of aliphatic carboxylic acids is 1. The Hall–Kier alpha value is -3.06. The summed E-state index contributed by atoms with van der Waals surface area (Å²) in [6.07, 6.45) is 1.20. The van der Waals surface area contributed by atoms with E-state index in [1.165, 1.54) is 23.1 Å². The second kappa shape index (κ2) is 8.75. The van der Waals surface area contributed by atoms with Gasteiger partial charge in [0.2, 0.25) is 0 Å². The molecule has 0 saturated carbocycles. The van der Waals surface area contributed by atoms with Gasteiger partial charge in [-0.15, -0.1) is 23.1 Å². The van der Waals surface area contributed by atoms with E-state index in [-0.39, 0.29) is 23.6 Å². The maximum atomic E-state index is 12.8. The quantitative estimate of drug-likeness (QED) is 0.335. The van der Waals surface area contributed by atoms with Crippen LogP contribution in [0.25, 0.3) is 5.57 Å². The van der Waals surface area contributed by atoms with Gasteiger partial charge in [-0.05, 0) is 6.42 Å². The zero-order chi connectivity index (χ0) is 22.0. The van der Waals surface area contributed by atoms with Crippen LogP contribution < -0.4 is 16.8 Å². The molecule has 0 spiro atoms. The van der Waals surface area contributed by atoms with Gasteiger partial charge in [0.1, 0.15) is 23.7 Å².